The highest BCUT2D eigenvalue weighted by atomic mass is 79.9. The van der Waals surface area contributed by atoms with Gasteiger partial charge in [0.1, 0.15) is 24.6 Å². The Morgan fingerprint density at radius 1 is 0.630 bits per heavy atom. The van der Waals surface area contributed by atoms with E-state index in [1.165, 1.54) is 49.2 Å². The first kappa shape index (κ1) is 53.8. The number of anilines is 2. The third kappa shape index (κ3) is 12.9. The lowest BCUT2D eigenvalue weighted by atomic mass is 9.82. The molecule has 4 atom stereocenters. The second-order valence-corrected chi connectivity index (χ2v) is 19.6. The Bertz CT molecular complexity index is 2800. The standard InChI is InChI=1S/C22H22ClF5N6O2.C11H6BrClF5N3O.C10H16N4O/c1-12-30-31-20(35-12)33-9-13-5-6-14(10-33)17(13)8-18-29-19(36-16-4-2-3-15(23)7-16)34(32-18)11-21(24,25)22(26,27)28;12-8-19-9(22-7-3-1-2-6(13)4-7)21(20-8)5-10(14,15)11(16,17)18;1-6-12-13-10(15-6)14-4-7-2-3-8(5-14)9(7)11/h2-4,7,13-14,17H,5-6,8-11H2,1H3;1-4H,5H2;7-9H,2-5,11H2,1H3. The number of rotatable bonds is 12. The number of piperidine rings is 2. The summed E-state index contributed by atoms with van der Waals surface area (Å²) in [6.07, 6.45) is -6.76. The molecule has 2 aliphatic heterocycles. The van der Waals surface area contributed by atoms with Gasteiger partial charge in [-0.05, 0) is 108 Å². The largest absolute Gasteiger partial charge is 0.455 e. The summed E-state index contributed by atoms with van der Waals surface area (Å²) in [5, 5.41) is 23.9. The van der Waals surface area contributed by atoms with Crippen LogP contribution in [0.1, 0.15) is 43.3 Å². The van der Waals surface area contributed by atoms with Crippen molar-refractivity contribution in [3.63, 3.8) is 0 Å². The van der Waals surface area contributed by atoms with E-state index in [2.05, 4.69) is 61.4 Å². The quantitative estimate of drug-likeness (QED) is 0.114. The van der Waals surface area contributed by atoms with Crippen LogP contribution in [0.2, 0.25) is 10.0 Å². The van der Waals surface area contributed by atoms with Crippen LogP contribution in [-0.4, -0.2) is 106 Å². The van der Waals surface area contributed by atoms with E-state index in [1.807, 2.05) is 11.8 Å². The van der Waals surface area contributed by atoms with Gasteiger partial charge < -0.3 is 33.8 Å². The molecule has 0 radical (unpaired) electrons. The van der Waals surface area contributed by atoms with Crippen molar-refractivity contribution >= 4 is 51.2 Å². The van der Waals surface area contributed by atoms with E-state index in [4.69, 9.17) is 47.2 Å². The third-order valence-electron chi connectivity index (χ3n) is 12.8. The van der Waals surface area contributed by atoms with Gasteiger partial charge in [-0.25, -0.2) is 9.36 Å². The first-order valence-electron chi connectivity index (χ1n) is 22.5. The minimum Gasteiger partial charge on any atom is -0.424 e. The summed E-state index contributed by atoms with van der Waals surface area (Å²) in [6.45, 7) is 3.31. The molecule has 2 saturated carbocycles. The van der Waals surface area contributed by atoms with Crippen molar-refractivity contribution in [2.75, 3.05) is 36.0 Å². The number of aromatic nitrogens is 10. The number of ether oxygens (including phenoxy) is 2. The third-order valence-corrected chi connectivity index (χ3v) is 13.6. The normalized spacial score (nSPS) is 21.9. The predicted octanol–water partition coefficient (Wildman–Crippen LogP) is 10.6. The van der Waals surface area contributed by atoms with Crippen LogP contribution < -0.4 is 25.0 Å². The number of nitrogens with two attached hydrogens (primary N) is 1. The molecule has 30 heteroatoms. The molecule has 0 amide bonds. The van der Waals surface area contributed by atoms with E-state index in [0.717, 1.165) is 25.9 Å². The van der Waals surface area contributed by atoms with Gasteiger partial charge in [-0.15, -0.1) is 15.3 Å². The number of benzene rings is 2. The Morgan fingerprint density at radius 2 is 1.05 bits per heavy atom. The highest BCUT2D eigenvalue weighted by molar-refractivity contribution is 9.10. The lowest BCUT2D eigenvalue weighted by Gasteiger charge is -2.36. The summed E-state index contributed by atoms with van der Waals surface area (Å²) in [7, 11) is 0. The van der Waals surface area contributed by atoms with E-state index in [9.17, 15) is 43.9 Å². The topological polar surface area (TPSA) is 190 Å². The number of hydrogen-bond donors (Lipinski definition) is 1. The average Bonchev–Trinajstić information content (AvgIpc) is 4.15. The van der Waals surface area contributed by atoms with Crippen molar-refractivity contribution in [2.24, 2.45) is 35.3 Å². The summed E-state index contributed by atoms with van der Waals surface area (Å²) < 4.78 is 152. The molecule has 4 fully saturated rings. The number of hydrogen-bond acceptors (Lipinski definition) is 15. The van der Waals surface area contributed by atoms with Crippen LogP contribution in [0.4, 0.5) is 55.9 Å². The SMILES string of the molecule is Cc1nnc(N2CC3CCC(C2)C3Cc2nc(Oc3cccc(Cl)c3)n(CC(F)(F)C(F)(F)F)n2)o1.Cc1nnc(N2CC3CCC(C2)C3N)o1.FC(F)(F)C(F)(F)Cn1nc(Br)nc1Oc1cccc(Cl)c1. The maximum Gasteiger partial charge on any atom is 0.455 e. The summed E-state index contributed by atoms with van der Waals surface area (Å²) in [6, 6.07) is 12.3. The highest BCUT2D eigenvalue weighted by Crippen LogP contribution is 2.45. The van der Waals surface area contributed by atoms with Gasteiger partial charge in [0.25, 0.3) is 0 Å². The highest BCUT2D eigenvalue weighted by Gasteiger charge is 2.59. The van der Waals surface area contributed by atoms with Gasteiger partial charge in [0.15, 0.2) is 5.82 Å². The van der Waals surface area contributed by atoms with Crippen LogP contribution in [-0.2, 0) is 19.5 Å². The lowest BCUT2D eigenvalue weighted by Crippen LogP contribution is -2.48. The second kappa shape index (κ2) is 21.4. The number of alkyl halides is 10. The Hall–Kier alpha value is -5.48. The molecular weight excluding hydrogens is 1100 g/mol. The molecule has 2 saturated heterocycles. The van der Waals surface area contributed by atoms with Crippen molar-refractivity contribution < 1.29 is 62.2 Å². The first-order valence-corrected chi connectivity index (χ1v) is 24.0. The summed E-state index contributed by atoms with van der Waals surface area (Å²) in [5.41, 5.74) is 6.14. The summed E-state index contributed by atoms with van der Waals surface area (Å²) >= 11 is 14.5. The van der Waals surface area contributed by atoms with Crippen LogP contribution >= 0.6 is 39.1 Å². The smallest absolute Gasteiger partial charge is 0.424 e. The first-order chi connectivity index (χ1) is 34.3. The zero-order chi connectivity index (χ0) is 52.6. The molecule has 6 aromatic rings. The number of nitrogens with zero attached hydrogens (tertiary/aromatic N) is 12. The van der Waals surface area contributed by atoms with E-state index in [0.29, 0.717) is 80.6 Å². The number of halogens is 13. The van der Waals surface area contributed by atoms with Gasteiger partial charge in [-0.3, -0.25) is 0 Å². The molecule has 6 heterocycles. The van der Waals surface area contributed by atoms with Gasteiger partial charge in [0.2, 0.25) is 16.5 Å². The van der Waals surface area contributed by atoms with Crippen molar-refractivity contribution in [1.82, 2.24) is 49.9 Å². The van der Waals surface area contributed by atoms with Crippen LogP contribution in [0.3, 0.4) is 0 Å². The average molecular weight is 1150 g/mol. The zero-order valence-corrected chi connectivity index (χ0v) is 41.4. The molecule has 4 aromatic heterocycles. The van der Waals surface area contributed by atoms with Crippen LogP contribution in [0.5, 0.6) is 23.5 Å². The summed E-state index contributed by atoms with van der Waals surface area (Å²) in [5.74, 6) is -6.68. The van der Waals surface area contributed by atoms with Gasteiger partial charge in [-0.2, -0.15) is 59.0 Å². The molecule has 2 aromatic carbocycles. The van der Waals surface area contributed by atoms with Crippen molar-refractivity contribution in [1.29, 1.82) is 0 Å². The van der Waals surface area contributed by atoms with Crippen molar-refractivity contribution in [3.8, 4) is 23.5 Å². The fourth-order valence-corrected chi connectivity index (χ4v) is 9.93. The summed E-state index contributed by atoms with van der Waals surface area (Å²) in [4.78, 5) is 12.0. The van der Waals surface area contributed by atoms with E-state index in [-0.39, 0.29) is 39.8 Å². The lowest BCUT2D eigenvalue weighted by molar-refractivity contribution is -0.287. The maximum absolute atomic E-state index is 13.9. The molecule has 0 spiro atoms. The van der Waals surface area contributed by atoms with Crippen molar-refractivity contribution in [3.05, 3.63) is 80.9 Å². The van der Waals surface area contributed by atoms with Crippen LogP contribution in [0, 0.1) is 43.4 Å². The molecule has 2 aliphatic carbocycles. The molecule has 73 heavy (non-hydrogen) atoms. The molecule has 10 rings (SSSR count). The molecule has 4 unspecified atom stereocenters. The fraction of sp³-hybridized carbons (Fsp3) is 0.535. The van der Waals surface area contributed by atoms with Crippen molar-refractivity contribution in [2.45, 2.75) is 89.3 Å². The Morgan fingerprint density at radius 3 is 1.48 bits per heavy atom. The fourth-order valence-electron chi connectivity index (χ4n) is 9.23. The number of fused-ring (bicyclic) bond motifs is 4. The molecule has 4 aliphatic rings. The van der Waals surface area contributed by atoms with Crippen LogP contribution in [0.25, 0.3) is 0 Å². The molecule has 4 bridgehead atoms. The molecule has 2 N–H and O–H groups in total. The minimum atomic E-state index is -5.74. The molecule has 396 valence electrons. The van der Waals surface area contributed by atoms with E-state index < -0.39 is 49.3 Å². The van der Waals surface area contributed by atoms with Crippen LogP contribution in [0.15, 0.2) is 62.1 Å². The Balaban J connectivity index is 0.000000162. The Labute approximate surface area is 426 Å². The predicted molar refractivity (Wildman–Crippen MR) is 243 cm³/mol. The van der Waals surface area contributed by atoms with E-state index >= 15 is 0 Å². The van der Waals surface area contributed by atoms with Gasteiger partial charge in [0.05, 0.1) is 0 Å². The minimum absolute atomic E-state index is 0.115. The molecule has 17 nitrogen and oxygen atoms in total. The zero-order valence-electron chi connectivity index (χ0n) is 38.4. The van der Waals surface area contributed by atoms with Gasteiger partial charge in [0, 0.05) is 62.5 Å². The second-order valence-electron chi connectivity index (χ2n) is 18.0. The Kier molecular flexibility index (Phi) is 15.8. The van der Waals surface area contributed by atoms with Gasteiger partial charge in [-0.1, -0.05) is 45.5 Å². The molecular formula is C43H44BrCl2F10N13O4. The maximum atomic E-state index is 13.9. The number of aryl methyl sites for hydroxylation is 2. The van der Waals surface area contributed by atoms with E-state index in [1.54, 1.807) is 19.1 Å². The monoisotopic (exact) mass is 1150 g/mol. The van der Waals surface area contributed by atoms with Gasteiger partial charge >= 0.3 is 48.2 Å².